The number of rotatable bonds is 5. The Bertz CT molecular complexity index is 1450. The minimum atomic E-state index is -1.32. The molecule has 37 heavy (non-hydrogen) atoms. The normalized spacial score (nSPS) is 15.8. The Balaban J connectivity index is 1.59. The summed E-state index contributed by atoms with van der Waals surface area (Å²) in [6.07, 6.45) is 0.818. The van der Waals surface area contributed by atoms with Crippen LogP contribution in [0.15, 0.2) is 89.8 Å². The first-order chi connectivity index (χ1) is 17.8. The van der Waals surface area contributed by atoms with E-state index in [1.54, 1.807) is 18.0 Å². The van der Waals surface area contributed by atoms with Crippen LogP contribution in [-0.2, 0) is 6.42 Å². The number of carboxylic acids is 1. The van der Waals surface area contributed by atoms with E-state index in [2.05, 4.69) is 40.5 Å². The third-order valence-electron chi connectivity index (χ3n) is 6.45. The van der Waals surface area contributed by atoms with Crippen LogP contribution in [0.3, 0.4) is 0 Å². The Morgan fingerprint density at radius 2 is 1.76 bits per heavy atom. The molecule has 0 aromatic heterocycles. The maximum atomic E-state index is 14.1. The molecule has 0 fully saturated rings. The van der Waals surface area contributed by atoms with Crippen molar-refractivity contribution in [2.45, 2.75) is 17.4 Å². The fourth-order valence-corrected chi connectivity index (χ4v) is 5.92. The number of carbonyl (C=O) groups is 1. The van der Waals surface area contributed by atoms with Crippen LogP contribution in [0.4, 0.5) is 15.8 Å². The van der Waals surface area contributed by atoms with E-state index in [1.165, 1.54) is 17.7 Å². The van der Waals surface area contributed by atoms with Gasteiger partial charge in [0.05, 0.1) is 16.3 Å². The Morgan fingerprint density at radius 1 is 1.03 bits per heavy atom. The first-order valence-corrected chi connectivity index (χ1v) is 13.2. The number of para-hydroxylation sites is 1. The maximum Gasteiger partial charge on any atom is 0.338 e. The number of hydrogen-bond acceptors (Lipinski definition) is 4. The lowest BCUT2D eigenvalue weighted by atomic mass is 10.0. The minimum absolute atomic E-state index is 0.158. The van der Waals surface area contributed by atoms with Crippen LogP contribution in [0.25, 0.3) is 11.1 Å². The van der Waals surface area contributed by atoms with E-state index in [1.807, 2.05) is 42.5 Å². The Hall–Kier alpha value is -3.03. The highest BCUT2D eigenvalue weighted by Crippen LogP contribution is 2.45. The number of benzene rings is 4. The lowest BCUT2D eigenvalue weighted by Crippen LogP contribution is -2.37. The van der Waals surface area contributed by atoms with E-state index in [0.717, 1.165) is 29.2 Å². The molecule has 0 radical (unpaired) electrons. The van der Waals surface area contributed by atoms with Crippen molar-refractivity contribution in [3.05, 3.63) is 112 Å². The van der Waals surface area contributed by atoms with Crippen molar-refractivity contribution in [2.75, 3.05) is 18.5 Å². The number of carboxylic acid groups (broad SMARTS) is 1. The summed E-state index contributed by atoms with van der Waals surface area (Å²) in [6.45, 7) is 0.721. The summed E-state index contributed by atoms with van der Waals surface area (Å²) in [4.78, 5) is 14.7. The van der Waals surface area contributed by atoms with Gasteiger partial charge in [0.15, 0.2) is 0 Å². The lowest BCUT2D eigenvalue weighted by Gasteiger charge is -2.30. The smallest absolute Gasteiger partial charge is 0.338 e. The van der Waals surface area contributed by atoms with Crippen molar-refractivity contribution < 1.29 is 14.3 Å². The van der Waals surface area contributed by atoms with Gasteiger partial charge in [-0.05, 0) is 85.1 Å². The van der Waals surface area contributed by atoms with Crippen LogP contribution in [0, 0.1) is 5.82 Å². The molecule has 0 aliphatic carbocycles. The van der Waals surface area contributed by atoms with E-state index in [0.29, 0.717) is 21.2 Å². The van der Waals surface area contributed by atoms with E-state index < -0.39 is 11.8 Å². The van der Waals surface area contributed by atoms with Crippen LogP contribution in [0.5, 0.6) is 0 Å². The average molecular weight is 553 g/mol. The van der Waals surface area contributed by atoms with Gasteiger partial charge in [0.2, 0.25) is 0 Å². The number of likely N-dealkylation sites (N-methyl/N-ethyl adjacent to an activating group) is 1. The van der Waals surface area contributed by atoms with Gasteiger partial charge in [-0.3, -0.25) is 0 Å². The summed E-state index contributed by atoms with van der Waals surface area (Å²) < 4.78 is 16.3. The van der Waals surface area contributed by atoms with E-state index in [4.69, 9.17) is 23.2 Å². The van der Waals surface area contributed by atoms with Crippen LogP contribution >= 0.6 is 35.1 Å². The fourth-order valence-electron chi connectivity index (χ4n) is 4.50. The zero-order valence-corrected chi connectivity index (χ0v) is 22.2. The van der Waals surface area contributed by atoms with Crippen molar-refractivity contribution in [1.82, 2.24) is 4.31 Å². The van der Waals surface area contributed by atoms with Crippen molar-refractivity contribution in [3.8, 4) is 11.1 Å². The predicted molar refractivity (Wildman–Crippen MR) is 150 cm³/mol. The summed E-state index contributed by atoms with van der Waals surface area (Å²) >= 11 is 14.5. The molecule has 1 N–H and O–H groups in total. The third-order valence-corrected chi connectivity index (χ3v) is 8.12. The van der Waals surface area contributed by atoms with Crippen molar-refractivity contribution >= 4 is 52.5 Å². The van der Waals surface area contributed by atoms with Gasteiger partial charge < -0.3 is 10.0 Å². The highest BCUT2D eigenvalue weighted by atomic mass is 35.5. The monoisotopic (exact) mass is 552 g/mol. The number of fused-ring (bicyclic) bond motifs is 1. The van der Waals surface area contributed by atoms with E-state index >= 15 is 0 Å². The molecule has 0 bridgehead atoms. The quantitative estimate of drug-likeness (QED) is 0.253. The van der Waals surface area contributed by atoms with E-state index in [9.17, 15) is 14.3 Å². The molecule has 4 aromatic rings. The molecule has 0 saturated carbocycles. The zero-order valence-electron chi connectivity index (χ0n) is 19.9. The summed E-state index contributed by atoms with van der Waals surface area (Å²) in [6, 6.07) is 26.1. The van der Waals surface area contributed by atoms with Crippen LogP contribution in [0.1, 0.15) is 15.9 Å². The lowest BCUT2D eigenvalue weighted by molar-refractivity contribution is 0.0692. The Morgan fingerprint density at radius 3 is 2.46 bits per heavy atom. The fraction of sp³-hybridized carbons (Fsp3) is 0.138. The van der Waals surface area contributed by atoms with Gasteiger partial charge in [0.1, 0.15) is 5.82 Å². The largest absolute Gasteiger partial charge is 0.478 e. The average Bonchev–Trinajstić information content (AvgIpc) is 3.01. The Labute approximate surface area is 229 Å². The molecule has 1 atom stereocenters. The van der Waals surface area contributed by atoms with Crippen LogP contribution < -0.4 is 4.90 Å². The topological polar surface area (TPSA) is 43.8 Å². The van der Waals surface area contributed by atoms with Gasteiger partial charge in [0.25, 0.3) is 0 Å². The van der Waals surface area contributed by atoms with Crippen molar-refractivity contribution in [3.63, 3.8) is 0 Å². The second-order valence-electron chi connectivity index (χ2n) is 8.87. The summed E-state index contributed by atoms with van der Waals surface area (Å²) in [5.74, 6) is -2.10. The Kier molecular flexibility index (Phi) is 7.45. The van der Waals surface area contributed by atoms with Gasteiger partial charge in [-0.1, -0.05) is 59.6 Å². The molecule has 188 valence electrons. The zero-order chi connectivity index (χ0) is 26.1. The molecule has 0 amide bonds. The molecule has 0 saturated heterocycles. The molecular formula is C29H23Cl2FN2O2S. The van der Waals surface area contributed by atoms with Crippen LogP contribution in [-0.4, -0.2) is 35.0 Å². The number of hydrogen-bond donors (Lipinski definition) is 1. The molecule has 8 heteroatoms. The van der Waals surface area contributed by atoms with Crippen molar-refractivity contribution in [1.29, 1.82) is 0 Å². The summed E-state index contributed by atoms with van der Waals surface area (Å²) in [7, 11) is 2.07. The second kappa shape index (κ2) is 10.8. The molecule has 4 aromatic carbocycles. The number of halogens is 3. The van der Waals surface area contributed by atoms with Gasteiger partial charge in [-0.15, -0.1) is 0 Å². The standard InChI is InChI=1S/C29H23Cl2FN2O2S/c1-33-22(13-18-7-10-20(30)11-8-18)17-34(21-5-3-2-4-6-21)27-16-25(31)23(15-28(27)37-33)19-9-12-26(32)24(14-19)29(35)36/h2-12,14-16,22H,13,17H2,1H3,(H,35,36)/t22-/m0/s1. The number of aromatic carboxylic acids is 1. The first kappa shape index (κ1) is 25.6. The first-order valence-electron chi connectivity index (χ1n) is 11.6. The van der Waals surface area contributed by atoms with Gasteiger partial charge in [-0.25, -0.2) is 13.5 Å². The molecule has 1 heterocycles. The summed E-state index contributed by atoms with van der Waals surface area (Å²) in [5, 5.41) is 10.6. The van der Waals surface area contributed by atoms with Gasteiger partial charge in [-0.2, -0.15) is 0 Å². The molecular weight excluding hydrogens is 530 g/mol. The molecule has 4 nitrogen and oxygen atoms in total. The SMILES string of the molecule is CN1Sc2cc(-c3ccc(F)c(C(=O)O)c3)c(Cl)cc2N(c2ccccc2)C[C@@H]1Cc1ccc(Cl)cc1. The molecule has 5 rings (SSSR count). The highest BCUT2D eigenvalue weighted by Gasteiger charge is 2.29. The van der Waals surface area contributed by atoms with Crippen molar-refractivity contribution in [2.24, 2.45) is 0 Å². The highest BCUT2D eigenvalue weighted by molar-refractivity contribution is 7.97. The predicted octanol–water partition coefficient (Wildman–Crippen LogP) is 8.20. The maximum absolute atomic E-state index is 14.1. The minimum Gasteiger partial charge on any atom is -0.478 e. The van der Waals surface area contributed by atoms with Gasteiger partial charge >= 0.3 is 5.97 Å². The summed E-state index contributed by atoms with van der Waals surface area (Å²) in [5.41, 5.74) is 3.99. The molecule has 1 aliphatic heterocycles. The molecule has 1 aliphatic rings. The van der Waals surface area contributed by atoms with E-state index in [-0.39, 0.29) is 11.6 Å². The number of nitrogens with zero attached hydrogens (tertiary/aromatic N) is 2. The second-order valence-corrected chi connectivity index (χ2v) is 10.9. The molecule has 0 unspecified atom stereocenters. The number of anilines is 2. The van der Waals surface area contributed by atoms with Crippen LogP contribution in [0.2, 0.25) is 10.0 Å². The molecule has 0 spiro atoms. The van der Waals surface area contributed by atoms with Gasteiger partial charge in [0, 0.05) is 33.8 Å². The third kappa shape index (κ3) is 5.48.